The number of carbonyl (C=O) groups excluding carboxylic acids is 1. The molecule has 2 aromatic rings. The zero-order chi connectivity index (χ0) is 17.8. The first-order chi connectivity index (χ1) is 11.2. The second kappa shape index (κ2) is 7.00. The van der Waals surface area contributed by atoms with Gasteiger partial charge in [-0.1, -0.05) is 6.07 Å². The molecule has 0 aliphatic carbocycles. The van der Waals surface area contributed by atoms with Crippen molar-refractivity contribution in [3.8, 4) is 0 Å². The number of nitrogens with zero attached hydrogens (tertiary/aromatic N) is 1. The number of sulfone groups is 1. The lowest BCUT2D eigenvalue weighted by atomic mass is 10.2. The molecular formula is C15H13F3N2O3S. The number of benzene rings is 1. The average Bonchev–Trinajstić information content (AvgIpc) is 2.55. The fraction of sp³-hybridized carbons (Fsp3) is 0.200. The molecule has 1 aromatic heterocycles. The van der Waals surface area contributed by atoms with E-state index in [0.717, 1.165) is 29.8 Å². The molecule has 0 fully saturated rings. The van der Waals surface area contributed by atoms with Crippen LogP contribution in [0, 0.1) is 0 Å². The molecule has 0 aliphatic heterocycles. The van der Waals surface area contributed by atoms with Crippen molar-refractivity contribution in [3.05, 3.63) is 59.9 Å². The van der Waals surface area contributed by atoms with Crippen molar-refractivity contribution in [3.63, 3.8) is 0 Å². The Bertz CT molecular complexity index is 804. The summed E-state index contributed by atoms with van der Waals surface area (Å²) in [7, 11) is -5.41. The third-order valence-electron chi connectivity index (χ3n) is 3.15. The molecule has 0 bridgehead atoms. The quantitative estimate of drug-likeness (QED) is 0.890. The van der Waals surface area contributed by atoms with E-state index < -0.39 is 26.1 Å². The predicted octanol–water partition coefficient (Wildman–Crippen LogP) is 2.35. The van der Waals surface area contributed by atoms with Crippen LogP contribution in [0.5, 0.6) is 0 Å². The largest absolute Gasteiger partial charge is 0.501 e. The van der Waals surface area contributed by atoms with Crippen molar-refractivity contribution in [1.82, 2.24) is 10.3 Å². The zero-order valence-corrected chi connectivity index (χ0v) is 13.1. The molecule has 128 valence electrons. The smallest absolute Gasteiger partial charge is 0.352 e. The van der Waals surface area contributed by atoms with Gasteiger partial charge in [0.05, 0.1) is 4.90 Å². The second-order valence-corrected chi connectivity index (χ2v) is 6.78. The Labute approximate surface area is 136 Å². The van der Waals surface area contributed by atoms with E-state index in [1.807, 2.05) is 6.07 Å². The highest BCUT2D eigenvalue weighted by molar-refractivity contribution is 7.92. The van der Waals surface area contributed by atoms with Crippen LogP contribution in [0.1, 0.15) is 15.9 Å². The van der Waals surface area contributed by atoms with Crippen LogP contribution in [0.25, 0.3) is 0 Å². The van der Waals surface area contributed by atoms with Crippen molar-refractivity contribution >= 4 is 15.7 Å². The highest BCUT2D eigenvalue weighted by Gasteiger charge is 2.46. The Morgan fingerprint density at radius 3 is 2.33 bits per heavy atom. The van der Waals surface area contributed by atoms with Crippen LogP contribution in [0.2, 0.25) is 0 Å². The van der Waals surface area contributed by atoms with Gasteiger partial charge in [0.25, 0.3) is 15.7 Å². The Hall–Kier alpha value is -2.42. The minimum Gasteiger partial charge on any atom is -0.352 e. The molecule has 1 heterocycles. The van der Waals surface area contributed by atoms with E-state index >= 15 is 0 Å². The minimum atomic E-state index is -5.41. The highest BCUT2D eigenvalue weighted by atomic mass is 32.2. The van der Waals surface area contributed by atoms with Gasteiger partial charge in [-0.3, -0.25) is 9.78 Å². The van der Waals surface area contributed by atoms with Crippen LogP contribution in [0.15, 0.2) is 53.7 Å². The maximum atomic E-state index is 12.4. The Kier molecular flexibility index (Phi) is 5.23. The Morgan fingerprint density at radius 1 is 1.12 bits per heavy atom. The molecule has 1 aromatic carbocycles. The summed E-state index contributed by atoms with van der Waals surface area (Å²) in [5.74, 6) is -0.505. The van der Waals surface area contributed by atoms with E-state index in [-0.39, 0.29) is 5.56 Å². The number of hydrogen-bond donors (Lipinski definition) is 1. The lowest BCUT2D eigenvalue weighted by Gasteiger charge is -2.09. The zero-order valence-electron chi connectivity index (χ0n) is 12.2. The summed E-state index contributed by atoms with van der Waals surface area (Å²) in [6, 6.07) is 7.21. The topological polar surface area (TPSA) is 76.1 Å². The van der Waals surface area contributed by atoms with E-state index in [1.54, 1.807) is 18.5 Å². The number of pyridine rings is 1. The molecule has 5 nitrogen and oxygen atoms in total. The molecule has 0 saturated carbocycles. The van der Waals surface area contributed by atoms with E-state index in [2.05, 4.69) is 10.3 Å². The first-order valence-corrected chi connectivity index (χ1v) is 8.28. The monoisotopic (exact) mass is 358 g/mol. The number of rotatable bonds is 5. The number of aromatic nitrogens is 1. The van der Waals surface area contributed by atoms with E-state index in [4.69, 9.17) is 0 Å². The van der Waals surface area contributed by atoms with Crippen LogP contribution < -0.4 is 5.32 Å². The third-order valence-corrected chi connectivity index (χ3v) is 4.66. The van der Waals surface area contributed by atoms with Crippen LogP contribution >= 0.6 is 0 Å². The van der Waals surface area contributed by atoms with Crippen molar-refractivity contribution in [1.29, 1.82) is 0 Å². The summed E-state index contributed by atoms with van der Waals surface area (Å²) in [6.45, 7) is 0.313. The van der Waals surface area contributed by atoms with Gasteiger partial charge < -0.3 is 5.32 Å². The molecule has 0 radical (unpaired) electrons. The van der Waals surface area contributed by atoms with Crippen molar-refractivity contribution in [2.45, 2.75) is 16.8 Å². The van der Waals surface area contributed by atoms with E-state index in [1.165, 1.54) is 0 Å². The summed E-state index contributed by atoms with van der Waals surface area (Å²) < 4.78 is 59.8. The lowest BCUT2D eigenvalue weighted by molar-refractivity contribution is -0.0436. The summed E-state index contributed by atoms with van der Waals surface area (Å²) in [6.07, 6.45) is 3.82. The van der Waals surface area contributed by atoms with Crippen LogP contribution in [0.3, 0.4) is 0 Å². The van der Waals surface area contributed by atoms with Gasteiger partial charge in [-0.25, -0.2) is 8.42 Å². The molecule has 0 aliphatic rings. The van der Waals surface area contributed by atoms with Crippen molar-refractivity contribution < 1.29 is 26.4 Å². The predicted molar refractivity (Wildman–Crippen MR) is 80.0 cm³/mol. The molecule has 0 atom stereocenters. The minimum absolute atomic E-state index is 0.0716. The first kappa shape index (κ1) is 17.9. The molecule has 0 unspecified atom stereocenters. The molecular weight excluding hydrogens is 345 g/mol. The van der Waals surface area contributed by atoms with Crippen LogP contribution in [-0.4, -0.2) is 31.4 Å². The highest BCUT2D eigenvalue weighted by Crippen LogP contribution is 2.30. The molecule has 2 rings (SSSR count). The first-order valence-electron chi connectivity index (χ1n) is 6.80. The van der Waals surface area contributed by atoms with Gasteiger partial charge in [-0.05, 0) is 42.3 Å². The summed E-state index contributed by atoms with van der Waals surface area (Å²) >= 11 is 0. The summed E-state index contributed by atoms with van der Waals surface area (Å²) in [4.78, 5) is 14.9. The standard InChI is InChI=1S/C15H13F3N2O3S/c16-15(17,18)24(22,23)13-5-3-12(4-6-13)14(21)20-9-7-11-2-1-8-19-10-11/h1-6,8,10H,7,9H2,(H,20,21). The van der Waals surface area contributed by atoms with Crippen LogP contribution in [0.4, 0.5) is 13.2 Å². The second-order valence-electron chi connectivity index (χ2n) is 4.84. The van der Waals surface area contributed by atoms with E-state index in [0.29, 0.717) is 13.0 Å². The number of halogens is 3. The van der Waals surface area contributed by atoms with Gasteiger partial charge in [0.2, 0.25) is 0 Å². The Morgan fingerprint density at radius 2 is 1.79 bits per heavy atom. The summed E-state index contributed by atoms with van der Waals surface area (Å²) in [5, 5.41) is 2.60. The van der Waals surface area contributed by atoms with Gasteiger partial charge in [-0.15, -0.1) is 0 Å². The summed E-state index contributed by atoms with van der Waals surface area (Å²) in [5.41, 5.74) is -4.38. The fourth-order valence-corrected chi connectivity index (χ4v) is 2.65. The van der Waals surface area contributed by atoms with Crippen molar-refractivity contribution in [2.24, 2.45) is 0 Å². The van der Waals surface area contributed by atoms with Gasteiger partial charge >= 0.3 is 5.51 Å². The number of hydrogen-bond acceptors (Lipinski definition) is 4. The molecule has 0 saturated heterocycles. The van der Waals surface area contributed by atoms with Gasteiger partial charge in [0.1, 0.15) is 0 Å². The van der Waals surface area contributed by atoms with Gasteiger partial charge in [0, 0.05) is 24.5 Å². The number of carbonyl (C=O) groups is 1. The number of amides is 1. The van der Waals surface area contributed by atoms with Crippen LogP contribution in [-0.2, 0) is 16.3 Å². The van der Waals surface area contributed by atoms with Gasteiger partial charge in [0.15, 0.2) is 0 Å². The van der Waals surface area contributed by atoms with Crippen molar-refractivity contribution in [2.75, 3.05) is 6.54 Å². The molecule has 1 amide bonds. The molecule has 0 spiro atoms. The number of alkyl halides is 3. The lowest BCUT2D eigenvalue weighted by Crippen LogP contribution is -2.26. The molecule has 24 heavy (non-hydrogen) atoms. The SMILES string of the molecule is O=C(NCCc1cccnc1)c1ccc(S(=O)(=O)C(F)(F)F)cc1. The third kappa shape index (κ3) is 4.10. The average molecular weight is 358 g/mol. The normalized spacial score (nSPS) is 12.0. The Balaban J connectivity index is 1.99. The molecule has 1 N–H and O–H groups in total. The van der Waals surface area contributed by atoms with E-state index in [9.17, 15) is 26.4 Å². The van der Waals surface area contributed by atoms with Gasteiger partial charge in [-0.2, -0.15) is 13.2 Å². The maximum Gasteiger partial charge on any atom is 0.501 e. The number of nitrogens with one attached hydrogen (secondary N) is 1. The fourth-order valence-electron chi connectivity index (χ4n) is 1.89. The maximum absolute atomic E-state index is 12.4. The molecule has 9 heteroatoms.